The second kappa shape index (κ2) is 7.57. The maximum absolute atomic E-state index is 12.9. The summed E-state index contributed by atoms with van der Waals surface area (Å²) < 4.78 is 11.2. The topological polar surface area (TPSA) is 67.8 Å². The number of amides is 1. The van der Waals surface area contributed by atoms with Gasteiger partial charge >= 0.3 is 0 Å². The van der Waals surface area contributed by atoms with E-state index in [-0.39, 0.29) is 5.91 Å². The second-order valence-electron chi connectivity index (χ2n) is 7.73. The fourth-order valence-corrected chi connectivity index (χ4v) is 5.75. The number of hydrogen-bond acceptors (Lipinski definition) is 7. The zero-order valence-electron chi connectivity index (χ0n) is 16.3. The average molecular weight is 403 g/mol. The van der Waals surface area contributed by atoms with Crippen LogP contribution in [0.15, 0.2) is 0 Å². The van der Waals surface area contributed by atoms with Crippen LogP contribution in [0.25, 0.3) is 10.2 Å². The largest absolute Gasteiger partial charge is 0.378 e. The third-order valence-electron chi connectivity index (χ3n) is 5.87. The minimum atomic E-state index is -0.438. The SMILES string of the molecule is Cc1nc(N2CCOC(C(=O)N3CCOCC3)C2)c2c3c(sc2n1)CCCC3. The third kappa shape index (κ3) is 3.27. The molecular weight excluding hydrogens is 376 g/mol. The summed E-state index contributed by atoms with van der Waals surface area (Å²) in [5.74, 6) is 1.86. The average Bonchev–Trinajstić information content (AvgIpc) is 3.11. The maximum Gasteiger partial charge on any atom is 0.253 e. The molecule has 5 rings (SSSR count). The van der Waals surface area contributed by atoms with Crippen molar-refractivity contribution in [3.05, 3.63) is 16.3 Å². The Labute approximate surface area is 168 Å². The minimum absolute atomic E-state index is 0.0716. The summed E-state index contributed by atoms with van der Waals surface area (Å²) in [6.07, 6.45) is 4.31. The number of ether oxygens (including phenoxy) is 2. The monoisotopic (exact) mass is 402 g/mol. The van der Waals surface area contributed by atoms with Crippen molar-refractivity contribution in [1.82, 2.24) is 14.9 Å². The van der Waals surface area contributed by atoms with Gasteiger partial charge in [-0.2, -0.15) is 0 Å². The van der Waals surface area contributed by atoms with E-state index in [0.29, 0.717) is 39.5 Å². The van der Waals surface area contributed by atoms with Gasteiger partial charge in [0.1, 0.15) is 16.5 Å². The molecule has 7 nitrogen and oxygen atoms in total. The summed E-state index contributed by atoms with van der Waals surface area (Å²) in [5.41, 5.74) is 1.43. The molecule has 3 aliphatic rings. The first-order valence-corrected chi connectivity index (χ1v) is 11.0. The first kappa shape index (κ1) is 18.3. The number of carbonyl (C=O) groups is 1. The highest BCUT2D eigenvalue weighted by molar-refractivity contribution is 7.19. The molecule has 1 amide bonds. The van der Waals surface area contributed by atoms with Crippen molar-refractivity contribution in [3.8, 4) is 0 Å². The fourth-order valence-electron chi connectivity index (χ4n) is 4.45. The van der Waals surface area contributed by atoms with E-state index in [0.717, 1.165) is 35.9 Å². The lowest BCUT2D eigenvalue weighted by Gasteiger charge is -2.37. The Balaban J connectivity index is 1.46. The molecule has 2 aromatic rings. The lowest BCUT2D eigenvalue weighted by atomic mass is 9.97. The molecule has 2 aromatic heterocycles. The van der Waals surface area contributed by atoms with Crippen LogP contribution >= 0.6 is 11.3 Å². The van der Waals surface area contributed by atoms with Crippen LogP contribution in [-0.2, 0) is 27.1 Å². The van der Waals surface area contributed by atoms with Crippen molar-refractivity contribution in [3.63, 3.8) is 0 Å². The fraction of sp³-hybridized carbons (Fsp3) is 0.650. The summed E-state index contributed by atoms with van der Waals surface area (Å²) in [5, 5.41) is 1.21. The summed E-state index contributed by atoms with van der Waals surface area (Å²) in [6.45, 7) is 6.30. The van der Waals surface area contributed by atoms with Crippen LogP contribution in [0.4, 0.5) is 5.82 Å². The van der Waals surface area contributed by atoms with Crippen molar-refractivity contribution in [2.75, 3.05) is 50.9 Å². The highest BCUT2D eigenvalue weighted by Gasteiger charge is 2.33. The highest BCUT2D eigenvalue weighted by atomic mass is 32.1. The molecule has 2 saturated heterocycles. The zero-order chi connectivity index (χ0) is 19.1. The molecule has 1 aliphatic carbocycles. The number of fused-ring (bicyclic) bond motifs is 3. The number of thiophene rings is 1. The molecule has 1 unspecified atom stereocenters. The van der Waals surface area contributed by atoms with Crippen molar-refractivity contribution >= 4 is 33.3 Å². The number of nitrogens with zero attached hydrogens (tertiary/aromatic N) is 4. The molecule has 0 bridgehead atoms. The van der Waals surface area contributed by atoms with E-state index in [9.17, 15) is 4.79 Å². The first-order chi connectivity index (χ1) is 13.7. The van der Waals surface area contributed by atoms with Crippen molar-refractivity contribution in [2.45, 2.75) is 38.7 Å². The van der Waals surface area contributed by atoms with Crippen LogP contribution in [0.3, 0.4) is 0 Å². The maximum atomic E-state index is 12.9. The third-order valence-corrected chi connectivity index (χ3v) is 7.06. The molecule has 2 fully saturated rings. The summed E-state index contributed by atoms with van der Waals surface area (Å²) >= 11 is 1.82. The predicted molar refractivity (Wildman–Crippen MR) is 108 cm³/mol. The molecule has 8 heteroatoms. The van der Waals surface area contributed by atoms with E-state index in [2.05, 4.69) is 4.90 Å². The van der Waals surface area contributed by atoms with E-state index < -0.39 is 6.10 Å². The van der Waals surface area contributed by atoms with Crippen molar-refractivity contribution < 1.29 is 14.3 Å². The number of anilines is 1. The van der Waals surface area contributed by atoms with Gasteiger partial charge in [0.25, 0.3) is 5.91 Å². The second-order valence-corrected chi connectivity index (χ2v) is 8.81. The Kier molecular flexibility index (Phi) is 4.94. The lowest BCUT2D eigenvalue weighted by Crippen LogP contribution is -2.53. The minimum Gasteiger partial charge on any atom is -0.378 e. The van der Waals surface area contributed by atoms with Gasteiger partial charge < -0.3 is 19.3 Å². The van der Waals surface area contributed by atoms with Crippen molar-refractivity contribution in [1.29, 1.82) is 0 Å². The molecule has 28 heavy (non-hydrogen) atoms. The molecule has 0 saturated carbocycles. The van der Waals surface area contributed by atoms with Crippen LogP contribution in [0, 0.1) is 6.92 Å². The lowest BCUT2D eigenvalue weighted by molar-refractivity contribution is -0.148. The molecule has 0 N–H and O–H groups in total. The van der Waals surface area contributed by atoms with E-state index in [1.165, 1.54) is 28.7 Å². The molecule has 4 heterocycles. The standard InChI is InChI=1S/C20H26N4O3S/c1-13-21-18(17-14-4-2-3-5-16(14)28-19(17)22-13)24-8-11-27-15(12-24)20(25)23-6-9-26-10-7-23/h15H,2-12H2,1H3. The Bertz CT molecular complexity index is 893. The van der Waals surface area contributed by atoms with E-state index in [4.69, 9.17) is 19.4 Å². The predicted octanol–water partition coefficient (Wildman–Crippen LogP) is 1.94. The molecule has 150 valence electrons. The van der Waals surface area contributed by atoms with Gasteiger partial charge in [-0.05, 0) is 38.2 Å². The van der Waals surface area contributed by atoms with Crippen LogP contribution in [-0.4, -0.2) is 72.9 Å². The highest BCUT2D eigenvalue weighted by Crippen LogP contribution is 2.40. The molecule has 2 aliphatic heterocycles. The molecular formula is C20H26N4O3S. The molecule has 1 atom stereocenters. The normalized spacial score (nSPS) is 23.1. The van der Waals surface area contributed by atoms with E-state index >= 15 is 0 Å². The number of rotatable bonds is 2. The smallest absolute Gasteiger partial charge is 0.253 e. The van der Waals surface area contributed by atoms with Crippen LogP contribution < -0.4 is 4.90 Å². The Hall–Kier alpha value is -1.77. The van der Waals surface area contributed by atoms with Gasteiger partial charge in [0, 0.05) is 24.5 Å². The van der Waals surface area contributed by atoms with Crippen LogP contribution in [0.1, 0.15) is 29.1 Å². The van der Waals surface area contributed by atoms with Gasteiger partial charge in [0.15, 0.2) is 6.10 Å². The Morgan fingerprint density at radius 3 is 2.79 bits per heavy atom. The summed E-state index contributed by atoms with van der Waals surface area (Å²) in [7, 11) is 0. The summed E-state index contributed by atoms with van der Waals surface area (Å²) in [4.78, 5) is 29.2. The Morgan fingerprint density at radius 2 is 1.93 bits per heavy atom. The number of morpholine rings is 2. The van der Waals surface area contributed by atoms with E-state index in [1.54, 1.807) is 0 Å². The number of hydrogen-bond donors (Lipinski definition) is 0. The van der Waals surface area contributed by atoms with Gasteiger partial charge in [0.2, 0.25) is 0 Å². The Morgan fingerprint density at radius 1 is 1.11 bits per heavy atom. The first-order valence-electron chi connectivity index (χ1n) is 10.2. The van der Waals surface area contributed by atoms with Crippen LogP contribution in [0.5, 0.6) is 0 Å². The quantitative estimate of drug-likeness (QED) is 0.765. The van der Waals surface area contributed by atoms with Gasteiger partial charge in [-0.3, -0.25) is 4.79 Å². The van der Waals surface area contributed by atoms with Gasteiger partial charge in [0.05, 0.1) is 31.8 Å². The zero-order valence-corrected chi connectivity index (χ0v) is 17.1. The number of carbonyl (C=O) groups excluding carboxylic acids is 1. The summed E-state index contributed by atoms with van der Waals surface area (Å²) in [6, 6.07) is 0. The molecule has 0 radical (unpaired) electrons. The number of aryl methyl sites for hydroxylation is 3. The van der Waals surface area contributed by atoms with Crippen molar-refractivity contribution in [2.24, 2.45) is 0 Å². The van der Waals surface area contributed by atoms with Gasteiger partial charge in [-0.1, -0.05) is 0 Å². The molecule has 0 spiro atoms. The van der Waals surface area contributed by atoms with Gasteiger partial charge in [-0.25, -0.2) is 9.97 Å². The number of aromatic nitrogens is 2. The van der Waals surface area contributed by atoms with Gasteiger partial charge in [-0.15, -0.1) is 11.3 Å². The van der Waals surface area contributed by atoms with Crippen LogP contribution in [0.2, 0.25) is 0 Å². The van der Waals surface area contributed by atoms with E-state index in [1.807, 2.05) is 23.2 Å². The molecule has 0 aromatic carbocycles.